The fourth-order valence-electron chi connectivity index (χ4n) is 2.01. The standard InChI is InChI=1S/C14H17N3O2S/c1-10-3-4-13(15)11(2)14(10)20(18,19)17-9-12-5-7-16-8-6-12/h3-8,17H,9,15H2,1-2H3. The zero-order chi connectivity index (χ0) is 14.8. The summed E-state index contributed by atoms with van der Waals surface area (Å²) in [5, 5.41) is 0. The van der Waals surface area contributed by atoms with Gasteiger partial charge >= 0.3 is 0 Å². The Kier molecular flexibility index (Phi) is 4.06. The summed E-state index contributed by atoms with van der Waals surface area (Å²) in [6.07, 6.45) is 3.25. The first-order chi connectivity index (χ1) is 9.42. The maximum absolute atomic E-state index is 12.4. The number of nitrogens with zero attached hydrogens (tertiary/aromatic N) is 1. The van der Waals surface area contributed by atoms with Crippen LogP contribution in [0.2, 0.25) is 0 Å². The largest absolute Gasteiger partial charge is 0.398 e. The van der Waals surface area contributed by atoms with Crippen molar-refractivity contribution < 1.29 is 8.42 Å². The highest BCUT2D eigenvalue weighted by atomic mass is 32.2. The molecule has 0 unspecified atom stereocenters. The van der Waals surface area contributed by atoms with Gasteiger partial charge in [0, 0.05) is 24.6 Å². The van der Waals surface area contributed by atoms with Gasteiger partial charge in [-0.2, -0.15) is 0 Å². The van der Waals surface area contributed by atoms with Crippen molar-refractivity contribution in [1.29, 1.82) is 0 Å². The van der Waals surface area contributed by atoms with E-state index in [1.807, 2.05) is 0 Å². The molecule has 2 aromatic rings. The molecule has 6 heteroatoms. The average molecular weight is 291 g/mol. The zero-order valence-corrected chi connectivity index (χ0v) is 12.2. The number of anilines is 1. The number of benzene rings is 1. The number of aryl methyl sites for hydroxylation is 1. The van der Waals surface area contributed by atoms with Gasteiger partial charge in [-0.3, -0.25) is 4.98 Å². The third-order valence-electron chi connectivity index (χ3n) is 3.13. The van der Waals surface area contributed by atoms with E-state index in [0.717, 1.165) is 5.56 Å². The predicted molar refractivity (Wildman–Crippen MR) is 78.6 cm³/mol. The van der Waals surface area contributed by atoms with Crippen molar-refractivity contribution in [3.63, 3.8) is 0 Å². The maximum Gasteiger partial charge on any atom is 0.241 e. The van der Waals surface area contributed by atoms with E-state index >= 15 is 0 Å². The predicted octanol–water partition coefficient (Wildman–Crippen LogP) is 1.76. The first-order valence-corrected chi connectivity index (χ1v) is 7.64. The molecule has 3 N–H and O–H groups in total. The first kappa shape index (κ1) is 14.5. The highest BCUT2D eigenvalue weighted by molar-refractivity contribution is 7.89. The molecule has 0 atom stereocenters. The Hall–Kier alpha value is -1.92. The minimum atomic E-state index is -3.59. The monoisotopic (exact) mass is 291 g/mol. The molecular weight excluding hydrogens is 274 g/mol. The molecule has 20 heavy (non-hydrogen) atoms. The first-order valence-electron chi connectivity index (χ1n) is 6.16. The molecule has 0 spiro atoms. The maximum atomic E-state index is 12.4. The Morgan fingerprint density at radius 2 is 1.80 bits per heavy atom. The molecule has 1 aromatic heterocycles. The van der Waals surface area contributed by atoms with E-state index in [0.29, 0.717) is 16.8 Å². The Morgan fingerprint density at radius 1 is 1.15 bits per heavy atom. The summed E-state index contributed by atoms with van der Waals surface area (Å²) in [6, 6.07) is 6.96. The van der Waals surface area contributed by atoms with Crippen LogP contribution in [0.5, 0.6) is 0 Å². The van der Waals surface area contributed by atoms with E-state index in [9.17, 15) is 8.42 Å². The molecule has 0 bridgehead atoms. The topological polar surface area (TPSA) is 85.1 Å². The van der Waals surface area contributed by atoms with Crippen molar-refractivity contribution >= 4 is 15.7 Å². The number of rotatable bonds is 4. The van der Waals surface area contributed by atoms with E-state index in [-0.39, 0.29) is 11.4 Å². The lowest BCUT2D eigenvalue weighted by Crippen LogP contribution is -2.25. The van der Waals surface area contributed by atoms with Crippen molar-refractivity contribution in [3.05, 3.63) is 53.3 Å². The van der Waals surface area contributed by atoms with Gasteiger partial charge in [0.25, 0.3) is 0 Å². The van der Waals surface area contributed by atoms with E-state index in [2.05, 4.69) is 9.71 Å². The summed E-state index contributed by atoms with van der Waals surface area (Å²) in [6.45, 7) is 3.69. The summed E-state index contributed by atoms with van der Waals surface area (Å²) in [5.74, 6) is 0. The van der Waals surface area contributed by atoms with E-state index in [4.69, 9.17) is 5.73 Å². The fourth-order valence-corrected chi connectivity index (χ4v) is 3.52. The molecule has 2 rings (SSSR count). The van der Waals surface area contributed by atoms with Crippen LogP contribution in [0.25, 0.3) is 0 Å². The van der Waals surface area contributed by atoms with Gasteiger partial charge < -0.3 is 5.73 Å². The van der Waals surface area contributed by atoms with Gasteiger partial charge in [0.15, 0.2) is 0 Å². The molecule has 0 aliphatic heterocycles. The molecule has 0 saturated carbocycles. The lowest BCUT2D eigenvalue weighted by atomic mass is 10.1. The van der Waals surface area contributed by atoms with Crippen LogP contribution >= 0.6 is 0 Å². The summed E-state index contributed by atoms with van der Waals surface area (Å²) in [5.41, 5.74) is 8.37. The van der Waals surface area contributed by atoms with Gasteiger partial charge in [0.05, 0.1) is 4.90 Å². The van der Waals surface area contributed by atoms with Gasteiger partial charge in [-0.15, -0.1) is 0 Å². The number of nitrogens with two attached hydrogens (primary N) is 1. The number of nitrogens with one attached hydrogen (secondary N) is 1. The van der Waals surface area contributed by atoms with Gasteiger partial charge in [0.2, 0.25) is 10.0 Å². The Bertz CT molecular complexity index is 713. The van der Waals surface area contributed by atoms with Crippen LogP contribution in [0, 0.1) is 13.8 Å². The lowest BCUT2D eigenvalue weighted by molar-refractivity contribution is 0.580. The van der Waals surface area contributed by atoms with Gasteiger partial charge in [-0.1, -0.05) is 6.07 Å². The Morgan fingerprint density at radius 3 is 2.45 bits per heavy atom. The van der Waals surface area contributed by atoms with Crippen molar-refractivity contribution in [2.45, 2.75) is 25.3 Å². The Labute approximate surface area is 118 Å². The van der Waals surface area contributed by atoms with Crippen LogP contribution in [-0.2, 0) is 16.6 Å². The minimum Gasteiger partial charge on any atom is -0.398 e. The molecular formula is C14H17N3O2S. The molecule has 1 aromatic carbocycles. The third kappa shape index (κ3) is 2.97. The van der Waals surface area contributed by atoms with E-state index in [1.54, 1.807) is 50.5 Å². The van der Waals surface area contributed by atoms with E-state index < -0.39 is 10.0 Å². The lowest BCUT2D eigenvalue weighted by Gasteiger charge is -2.13. The minimum absolute atomic E-state index is 0.221. The number of nitrogen functional groups attached to an aromatic ring is 1. The van der Waals surface area contributed by atoms with Crippen LogP contribution in [0.4, 0.5) is 5.69 Å². The smallest absolute Gasteiger partial charge is 0.241 e. The SMILES string of the molecule is Cc1ccc(N)c(C)c1S(=O)(=O)NCc1ccncc1. The molecule has 1 heterocycles. The molecule has 0 saturated heterocycles. The number of sulfonamides is 1. The summed E-state index contributed by atoms with van der Waals surface area (Å²) in [7, 11) is -3.59. The zero-order valence-electron chi connectivity index (χ0n) is 11.4. The van der Waals surface area contributed by atoms with Crippen LogP contribution in [-0.4, -0.2) is 13.4 Å². The molecule has 0 fully saturated rings. The second-order valence-electron chi connectivity index (χ2n) is 4.61. The highest BCUT2D eigenvalue weighted by Crippen LogP contribution is 2.24. The van der Waals surface area contributed by atoms with Crippen molar-refractivity contribution in [2.75, 3.05) is 5.73 Å². The average Bonchev–Trinajstić information content (AvgIpc) is 2.42. The normalized spacial score (nSPS) is 11.5. The quantitative estimate of drug-likeness (QED) is 0.841. The van der Waals surface area contributed by atoms with Gasteiger partial charge in [-0.05, 0) is 48.7 Å². The van der Waals surface area contributed by atoms with Crippen LogP contribution in [0.3, 0.4) is 0 Å². The van der Waals surface area contributed by atoms with Gasteiger partial charge in [0.1, 0.15) is 0 Å². The van der Waals surface area contributed by atoms with E-state index in [1.165, 1.54) is 0 Å². The van der Waals surface area contributed by atoms with Crippen LogP contribution in [0.15, 0.2) is 41.6 Å². The molecule has 0 aliphatic carbocycles. The third-order valence-corrected chi connectivity index (χ3v) is 4.82. The number of hydrogen-bond acceptors (Lipinski definition) is 4. The van der Waals surface area contributed by atoms with Crippen LogP contribution in [0.1, 0.15) is 16.7 Å². The molecule has 0 amide bonds. The highest BCUT2D eigenvalue weighted by Gasteiger charge is 2.20. The summed E-state index contributed by atoms with van der Waals surface area (Å²) in [4.78, 5) is 4.15. The Balaban J connectivity index is 2.30. The second-order valence-corrected chi connectivity index (χ2v) is 6.31. The summed E-state index contributed by atoms with van der Waals surface area (Å²) >= 11 is 0. The number of hydrogen-bond donors (Lipinski definition) is 2. The number of pyridine rings is 1. The molecule has 0 radical (unpaired) electrons. The van der Waals surface area contributed by atoms with Crippen LogP contribution < -0.4 is 10.5 Å². The van der Waals surface area contributed by atoms with Crippen molar-refractivity contribution in [1.82, 2.24) is 9.71 Å². The van der Waals surface area contributed by atoms with Crippen molar-refractivity contribution in [3.8, 4) is 0 Å². The van der Waals surface area contributed by atoms with Crippen molar-refractivity contribution in [2.24, 2.45) is 0 Å². The fraction of sp³-hybridized carbons (Fsp3) is 0.214. The van der Waals surface area contributed by atoms with Gasteiger partial charge in [-0.25, -0.2) is 13.1 Å². The molecule has 0 aliphatic rings. The summed E-state index contributed by atoms with van der Waals surface area (Å²) < 4.78 is 27.4. The molecule has 5 nitrogen and oxygen atoms in total. The number of aromatic nitrogens is 1. The molecule has 106 valence electrons. The second kappa shape index (κ2) is 5.60.